The molecule has 3 nitrogen and oxygen atoms in total. The fraction of sp³-hybridized carbons (Fsp3) is 0.632. The third-order valence-electron chi connectivity index (χ3n) is 4.53. The molecule has 1 aliphatic rings. The first-order valence-corrected chi connectivity index (χ1v) is 9.18. The second kappa shape index (κ2) is 9.17. The van der Waals surface area contributed by atoms with Crippen LogP contribution < -0.4 is 10.1 Å². The Kier molecular flexibility index (Phi) is 7.22. The minimum absolute atomic E-state index is 0.128. The summed E-state index contributed by atoms with van der Waals surface area (Å²) >= 11 is 6.31. The lowest BCUT2D eigenvalue weighted by molar-refractivity contribution is -0.121. The van der Waals surface area contributed by atoms with Crippen molar-refractivity contribution < 1.29 is 9.53 Å². The van der Waals surface area contributed by atoms with Gasteiger partial charge in [0.15, 0.2) is 0 Å². The normalized spacial score (nSPS) is 14.1. The number of rotatable bonds is 10. The summed E-state index contributed by atoms with van der Waals surface area (Å²) in [5.41, 5.74) is 1.26. The maximum absolute atomic E-state index is 11.6. The zero-order valence-electron chi connectivity index (χ0n) is 14.2. The predicted molar refractivity (Wildman–Crippen MR) is 95.1 cm³/mol. The topological polar surface area (TPSA) is 38.3 Å². The first kappa shape index (κ1) is 18.1. The SMILES string of the molecule is CCC(CC)Cc1ccc(OCCNC(=O)CC2CC2)c(Cl)c1. The van der Waals surface area contributed by atoms with Crippen LogP contribution in [0.2, 0.25) is 5.02 Å². The van der Waals surface area contributed by atoms with E-state index in [4.69, 9.17) is 16.3 Å². The molecule has 0 unspecified atom stereocenters. The lowest BCUT2D eigenvalue weighted by Crippen LogP contribution is -2.28. The van der Waals surface area contributed by atoms with Gasteiger partial charge in [0.25, 0.3) is 0 Å². The summed E-state index contributed by atoms with van der Waals surface area (Å²) < 4.78 is 5.67. The van der Waals surface area contributed by atoms with Crippen molar-refractivity contribution in [1.82, 2.24) is 5.32 Å². The third kappa shape index (κ3) is 6.42. The van der Waals surface area contributed by atoms with Gasteiger partial charge in [-0.2, -0.15) is 0 Å². The Morgan fingerprint density at radius 3 is 2.70 bits per heavy atom. The minimum atomic E-state index is 0.128. The van der Waals surface area contributed by atoms with Crippen LogP contribution in [-0.4, -0.2) is 19.1 Å². The van der Waals surface area contributed by atoms with Crippen molar-refractivity contribution in [2.24, 2.45) is 11.8 Å². The van der Waals surface area contributed by atoms with E-state index < -0.39 is 0 Å². The van der Waals surface area contributed by atoms with Gasteiger partial charge in [-0.05, 0) is 48.8 Å². The number of hydrogen-bond acceptors (Lipinski definition) is 2. The molecular formula is C19H28ClNO2. The Morgan fingerprint density at radius 1 is 1.35 bits per heavy atom. The summed E-state index contributed by atoms with van der Waals surface area (Å²) in [6.45, 7) is 5.43. The molecule has 1 saturated carbocycles. The van der Waals surface area contributed by atoms with Crippen molar-refractivity contribution in [1.29, 1.82) is 0 Å². The fourth-order valence-corrected chi connectivity index (χ4v) is 2.96. The van der Waals surface area contributed by atoms with E-state index in [1.54, 1.807) is 0 Å². The van der Waals surface area contributed by atoms with Gasteiger partial charge < -0.3 is 10.1 Å². The Hall–Kier alpha value is -1.22. The predicted octanol–water partition coefficient (Wildman–Crippen LogP) is 4.61. The van der Waals surface area contributed by atoms with Crippen molar-refractivity contribution in [2.45, 2.75) is 52.4 Å². The highest BCUT2D eigenvalue weighted by atomic mass is 35.5. The van der Waals surface area contributed by atoms with E-state index in [0.29, 0.717) is 42.2 Å². The minimum Gasteiger partial charge on any atom is -0.490 e. The molecule has 1 aliphatic carbocycles. The number of carbonyl (C=O) groups excluding carboxylic acids is 1. The molecule has 0 saturated heterocycles. The van der Waals surface area contributed by atoms with E-state index in [-0.39, 0.29) is 5.91 Å². The number of nitrogens with one attached hydrogen (secondary N) is 1. The van der Waals surface area contributed by atoms with Crippen molar-refractivity contribution in [2.75, 3.05) is 13.2 Å². The second-order valence-corrected chi connectivity index (χ2v) is 6.90. The molecule has 2 rings (SSSR count). The molecule has 0 atom stereocenters. The first-order valence-electron chi connectivity index (χ1n) is 8.80. The van der Waals surface area contributed by atoms with Crippen LogP contribution in [0.5, 0.6) is 5.75 Å². The Morgan fingerprint density at radius 2 is 2.09 bits per heavy atom. The standard InChI is InChI=1S/C19H28ClNO2/c1-3-14(4-2)11-16-7-8-18(17(20)12-16)23-10-9-21-19(22)13-15-5-6-15/h7-8,12,14-15H,3-6,9-11,13H2,1-2H3,(H,21,22). The zero-order chi connectivity index (χ0) is 16.7. The molecule has 4 heteroatoms. The maximum atomic E-state index is 11.6. The number of ether oxygens (including phenoxy) is 1. The van der Waals surface area contributed by atoms with Crippen LogP contribution in [0.4, 0.5) is 0 Å². The molecule has 1 N–H and O–H groups in total. The van der Waals surface area contributed by atoms with Crippen LogP contribution in [-0.2, 0) is 11.2 Å². The maximum Gasteiger partial charge on any atom is 0.220 e. The fourth-order valence-electron chi connectivity index (χ4n) is 2.71. The Bertz CT molecular complexity index is 510. The van der Waals surface area contributed by atoms with Crippen molar-refractivity contribution in [3.63, 3.8) is 0 Å². The molecule has 1 aromatic rings. The molecule has 0 aliphatic heterocycles. The van der Waals surface area contributed by atoms with Crippen LogP contribution in [0.1, 0.15) is 51.5 Å². The average Bonchev–Trinajstić information content (AvgIpc) is 3.34. The Balaban J connectivity index is 1.73. The number of carbonyl (C=O) groups is 1. The molecule has 0 aromatic heterocycles. The van der Waals surface area contributed by atoms with Gasteiger partial charge >= 0.3 is 0 Å². The van der Waals surface area contributed by atoms with E-state index in [1.807, 2.05) is 12.1 Å². The average molecular weight is 338 g/mol. The summed E-state index contributed by atoms with van der Waals surface area (Å²) in [5, 5.41) is 3.54. The second-order valence-electron chi connectivity index (χ2n) is 6.50. The van der Waals surface area contributed by atoms with E-state index in [1.165, 1.54) is 31.2 Å². The smallest absolute Gasteiger partial charge is 0.220 e. The molecule has 1 fully saturated rings. The molecule has 0 heterocycles. The van der Waals surface area contributed by atoms with Crippen molar-refractivity contribution in [3.05, 3.63) is 28.8 Å². The largest absolute Gasteiger partial charge is 0.490 e. The molecule has 0 radical (unpaired) electrons. The highest BCUT2D eigenvalue weighted by Gasteiger charge is 2.23. The van der Waals surface area contributed by atoms with E-state index in [9.17, 15) is 4.79 Å². The van der Waals surface area contributed by atoms with Gasteiger partial charge in [-0.3, -0.25) is 4.79 Å². The van der Waals surface area contributed by atoms with Gasteiger partial charge in [-0.1, -0.05) is 44.4 Å². The van der Waals surface area contributed by atoms with Gasteiger partial charge in [0.2, 0.25) is 5.91 Å². The lowest BCUT2D eigenvalue weighted by Gasteiger charge is -2.14. The van der Waals surface area contributed by atoms with Crippen LogP contribution in [0.3, 0.4) is 0 Å². The summed E-state index contributed by atoms with van der Waals surface area (Å²) in [6, 6.07) is 6.03. The van der Waals surface area contributed by atoms with Gasteiger partial charge in [0.1, 0.15) is 12.4 Å². The van der Waals surface area contributed by atoms with E-state index >= 15 is 0 Å². The molecule has 128 valence electrons. The first-order chi connectivity index (χ1) is 11.1. The van der Waals surface area contributed by atoms with Gasteiger partial charge in [-0.15, -0.1) is 0 Å². The molecule has 1 amide bonds. The monoisotopic (exact) mass is 337 g/mol. The highest BCUT2D eigenvalue weighted by Crippen LogP contribution is 2.32. The van der Waals surface area contributed by atoms with Gasteiger partial charge in [-0.25, -0.2) is 0 Å². The van der Waals surface area contributed by atoms with Crippen molar-refractivity contribution in [3.8, 4) is 5.75 Å². The Labute approximate surface area is 144 Å². The van der Waals surface area contributed by atoms with Crippen molar-refractivity contribution >= 4 is 17.5 Å². The third-order valence-corrected chi connectivity index (χ3v) is 4.82. The summed E-state index contributed by atoms with van der Waals surface area (Å²) in [5.74, 6) is 2.15. The molecule has 23 heavy (non-hydrogen) atoms. The molecule has 0 bridgehead atoms. The number of amides is 1. The highest BCUT2D eigenvalue weighted by molar-refractivity contribution is 6.32. The van der Waals surface area contributed by atoms with Crippen LogP contribution in [0, 0.1) is 11.8 Å². The van der Waals surface area contributed by atoms with Crippen LogP contribution in [0.25, 0.3) is 0 Å². The van der Waals surface area contributed by atoms with E-state index in [2.05, 4.69) is 25.2 Å². The van der Waals surface area contributed by atoms with Gasteiger partial charge in [0, 0.05) is 6.42 Å². The van der Waals surface area contributed by atoms with Gasteiger partial charge in [0.05, 0.1) is 11.6 Å². The van der Waals surface area contributed by atoms with E-state index in [0.717, 1.165) is 6.42 Å². The number of benzene rings is 1. The van der Waals surface area contributed by atoms with Crippen LogP contribution >= 0.6 is 11.6 Å². The lowest BCUT2D eigenvalue weighted by atomic mass is 9.95. The summed E-state index contributed by atoms with van der Waals surface area (Å²) in [4.78, 5) is 11.6. The molecule has 0 spiro atoms. The molecule has 1 aromatic carbocycles. The number of halogens is 1. The summed E-state index contributed by atoms with van der Waals surface area (Å²) in [6.07, 6.45) is 6.49. The summed E-state index contributed by atoms with van der Waals surface area (Å²) in [7, 11) is 0. The molecular weight excluding hydrogens is 310 g/mol. The quantitative estimate of drug-likeness (QED) is 0.633. The van der Waals surface area contributed by atoms with Crippen LogP contribution in [0.15, 0.2) is 18.2 Å². The zero-order valence-corrected chi connectivity index (χ0v) is 15.0. The number of hydrogen-bond donors (Lipinski definition) is 1.